The summed E-state index contributed by atoms with van der Waals surface area (Å²) in [5.41, 5.74) is 0.531. The molecule has 0 aliphatic carbocycles. The summed E-state index contributed by atoms with van der Waals surface area (Å²) in [6, 6.07) is 11.3. The smallest absolute Gasteiger partial charge is 0.253 e. The molecule has 172 valence electrons. The van der Waals surface area contributed by atoms with Crippen LogP contribution in [0.2, 0.25) is 10.0 Å². The molecular weight excluding hydrogens is 475 g/mol. The maximum absolute atomic E-state index is 13.0. The van der Waals surface area contributed by atoms with Gasteiger partial charge in [0, 0.05) is 43.4 Å². The first-order valence-electron chi connectivity index (χ1n) is 10.4. The average molecular weight is 499 g/mol. The van der Waals surface area contributed by atoms with Crippen molar-refractivity contribution in [1.82, 2.24) is 9.21 Å². The van der Waals surface area contributed by atoms with Crippen molar-refractivity contribution >= 4 is 39.1 Å². The molecule has 2 fully saturated rings. The summed E-state index contributed by atoms with van der Waals surface area (Å²) in [6.07, 6.45) is 2.19. The second kappa shape index (κ2) is 9.97. The number of hydrogen-bond acceptors (Lipinski definition) is 5. The van der Waals surface area contributed by atoms with Gasteiger partial charge in [-0.15, -0.1) is 0 Å². The topological polar surface area (TPSA) is 76.2 Å². The standard InChI is InChI=1S/C22H24Cl2N2O5S/c23-17-5-8-20(24)21(14-17)32(28,29)26-11-9-25(10-12-26)22(27)16-3-6-18(7-4-16)31-15-19-2-1-13-30-19/h3-8,14,19H,1-2,9-13,15H2. The van der Waals surface area contributed by atoms with E-state index in [-0.39, 0.29) is 48.1 Å². The molecule has 7 nitrogen and oxygen atoms in total. The highest BCUT2D eigenvalue weighted by atomic mass is 35.5. The Morgan fingerprint density at radius 1 is 1.06 bits per heavy atom. The highest BCUT2D eigenvalue weighted by Gasteiger charge is 2.32. The van der Waals surface area contributed by atoms with Gasteiger partial charge in [0.25, 0.3) is 5.91 Å². The van der Waals surface area contributed by atoms with Gasteiger partial charge in [0.1, 0.15) is 17.3 Å². The second-order valence-electron chi connectivity index (χ2n) is 7.74. The number of amides is 1. The first-order valence-corrected chi connectivity index (χ1v) is 12.6. The number of rotatable bonds is 6. The number of carbonyl (C=O) groups excluding carboxylic acids is 1. The zero-order chi connectivity index (χ0) is 22.7. The van der Waals surface area contributed by atoms with Crippen molar-refractivity contribution in [3.05, 3.63) is 58.1 Å². The van der Waals surface area contributed by atoms with Crippen molar-refractivity contribution < 1.29 is 22.7 Å². The first kappa shape index (κ1) is 23.3. The van der Waals surface area contributed by atoms with Crippen molar-refractivity contribution in [2.24, 2.45) is 0 Å². The van der Waals surface area contributed by atoms with E-state index in [4.69, 9.17) is 32.7 Å². The zero-order valence-corrected chi connectivity index (χ0v) is 19.7. The number of nitrogens with zero attached hydrogens (tertiary/aromatic N) is 2. The molecule has 2 aromatic carbocycles. The Kier molecular flexibility index (Phi) is 7.27. The molecule has 2 saturated heterocycles. The SMILES string of the molecule is O=C(c1ccc(OCC2CCCO2)cc1)N1CCN(S(=O)(=O)c2cc(Cl)ccc2Cl)CC1. The lowest BCUT2D eigenvalue weighted by Crippen LogP contribution is -2.50. The second-order valence-corrected chi connectivity index (χ2v) is 10.5. The van der Waals surface area contributed by atoms with Gasteiger partial charge < -0.3 is 14.4 Å². The van der Waals surface area contributed by atoms with Crippen LogP contribution in [0.3, 0.4) is 0 Å². The van der Waals surface area contributed by atoms with Crippen LogP contribution in [0.5, 0.6) is 5.75 Å². The van der Waals surface area contributed by atoms with E-state index in [2.05, 4.69) is 0 Å². The average Bonchev–Trinajstić information content (AvgIpc) is 3.33. The fourth-order valence-electron chi connectivity index (χ4n) is 3.79. The van der Waals surface area contributed by atoms with Crippen LogP contribution < -0.4 is 4.74 Å². The summed E-state index contributed by atoms with van der Waals surface area (Å²) in [5, 5.41) is 0.416. The van der Waals surface area contributed by atoms with Gasteiger partial charge >= 0.3 is 0 Å². The molecule has 10 heteroatoms. The van der Waals surface area contributed by atoms with E-state index in [0.29, 0.717) is 22.9 Å². The highest BCUT2D eigenvalue weighted by Crippen LogP contribution is 2.28. The molecule has 1 amide bonds. The third kappa shape index (κ3) is 5.21. The molecule has 1 atom stereocenters. The Morgan fingerprint density at radius 2 is 1.78 bits per heavy atom. The number of piperazine rings is 1. The molecule has 0 saturated carbocycles. The Bertz CT molecular complexity index is 1060. The van der Waals surface area contributed by atoms with Gasteiger partial charge in [-0.25, -0.2) is 8.42 Å². The van der Waals surface area contributed by atoms with Crippen LogP contribution >= 0.6 is 23.2 Å². The van der Waals surface area contributed by atoms with Crippen LogP contribution in [-0.4, -0.2) is 69.0 Å². The maximum Gasteiger partial charge on any atom is 0.253 e. The molecule has 2 aliphatic heterocycles. The fourth-order valence-corrected chi connectivity index (χ4v) is 5.95. The molecule has 2 aromatic rings. The van der Waals surface area contributed by atoms with Crippen LogP contribution in [0.15, 0.2) is 47.4 Å². The Morgan fingerprint density at radius 3 is 2.44 bits per heavy atom. The third-order valence-corrected chi connectivity index (χ3v) is 8.21. The maximum atomic E-state index is 13.0. The summed E-state index contributed by atoms with van der Waals surface area (Å²) < 4.78 is 38.5. The molecule has 0 aromatic heterocycles. The molecule has 2 aliphatic rings. The van der Waals surface area contributed by atoms with Gasteiger partial charge in [-0.05, 0) is 55.3 Å². The van der Waals surface area contributed by atoms with Crippen molar-refractivity contribution in [3.8, 4) is 5.75 Å². The minimum absolute atomic E-state index is 0.0231. The highest BCUT2D eigenvalue weighted by molar-refractivity contribution is 7.89. The van der Waals surface area contributed by atoms with E-state index < -0.39 is 10.0 Å². The molecule has 1 unspecified atom stereocenters. The predicted octanol–water partition coefficient (Wildman–Crippen LogP) is 3.70. The van der Waals surface area contributed by atoms with Crippen LogP contribution in [-0.2, 0) is 14.8 Å². The normalized spacial score (nSPS) is 19.8. The van der Waals surface area contributed by atoms with Crippen molar-refractivity contribution in [2.75, 3.05) is 39.4 Å². The van der Waals surface area contributed by atoms with Gasteiger partial charge in [0.05, 0.1) is 11.1 Å². The van der Waals surface area contributed by atoms with Gasteiger partial charge in [-0.3, -0.25) is 4.79 Å². The fraction of sp³-hybridized carbons (Fsp3) is 0.409. The Hall–Kier alpha value is -1.84. The van der Waals surface area contributed by atoms with Gasteiger partial charge in [-0.1, -0.05) is 23.2 Å². The molecule has 0 bridgehead atoms. The van der Waals surface area contributed by atoms with Gasteiger partial charge in [0.2, 0.25) is 10.0 Å². The lowest BCUT2D eigenvalue weighted by Gasteiger charge is -2.34. The van der Waals surface area contributed by atoms with E-state index in [9.17, 15) is 13.2 Å². The van der Waals surface area contributed by atoms with Crippen molar-refractivity contribution in [1.29, 1.82) is 0 Å². The molecule has 0 spiro atoms. The monoisotopic (exact) mass is 498 g/mol. The van der Waals surface area contributed by atoms with E-state index in [1.54, 1.807) is 35.2 Å². The van der Waals surface area contributed by atoms with Crippen LogP contribution in [0.1, 0.15) is 23.2 Å². The molecule has 0 radical (unpaired) electrons. The summed E-state index contributed by atoms with van der Waals surface area (Å²) >= 11 is 12.0. The number of sulfonamides is 1. The number of ether oxygens (including phenoxy) is 2. The van der Waals surface area contributed by atoms with Crippen LogP contribution in [0, 0.1) is 0 Å². The first-order chi connectivity index (χ1) is 15.3. The molecular formula is C22H24Cl2N2O5S. The quantitative estimate of drug-likeness (QED) is 0.606. The van der Waals surface area contributed by atoms with Gasteiger partial charge in [0.15, 0.2) is 0 Å². The lowest BCUT2D eigenvalue weighted by atomic mass is 10.2. The van der Waals surface area contributed by atoms with Crippen LogP contribution in [0.4, 0.5) is 0 Å². The number of benzene rings is 2. The summed E-state index contributed by atoms with van der Waals surface area (Å²) in [6.45, 7) is 2.21. The van der Waals surface area contributed by atoms with Crippen LogP contribution in [0.25, 0.3) is 0 Å². The minimum Gasteiger partial charge on any atom is -0.491 e. The molecule has 32 heavy (non-hydrogen) atoms. The summed E-state index contributed by atoms with van der Waals surface area (Å²) in [7, 11) is -3.80. The van der Waals surface area contributed by atoms with E-state index in [1.165, 1.54) is 16.4 Å². The Balaban J connectivity index is 1.34. The van der Waals surface area contributed by atoms with Gasteiger partial charge in [-0.2, -0.15) is 4.31 Å². The van der Waals surface area contributed by atoms with E-state index in [1.807, 2.05) is 0 Å². The van der Waals surface area contributed by atoms with E-state index in [0.717, 1.165) is 19.4 Å². The number of hydrogen-bond donors (Lipinski definition) is 0. The third-order valence-electron chi connectivity index (χ3n) is 5.60. The summed E-state index contributed by atoms with van der Waals surface area (Å²) in [5.74, 6) is 0.542. The molecule has 2 heterocycles. The lowest BCUT2D eigenvalue weighted by molar-refractivity contribution is 0.0676. The van der Waals surface area contributed by atoms with E-state index >= 15 is 0 Å². The number of halogens is 2. The zero-order valence-electron chi connectivity index (χ0n) is 17.4. The Labute approximate surface area is 197 Å². The van der Waals surface area contributed by atoms with Crippen molar-refractivity contribution in [3.63, 3.8) is 0 Å². The number of carbonyl (C=O) groups is 1. The van der Waals surface area contributed by atoms with Crippen molar-refractivity contribution in [2.45, 2.75) is 23.8 Å². The largest absolute Gasteiger partial charge is 0.491 e. The predicted molar refractivity (Wildman–Crippen MR) is 122 cm³/mol. The summed E-state index contributed by atoms with van der Waals surface area (Å²) in [4.78, 5) is 14.5. The molecule has 0 N–H and O–H groups in total. The molecule has 4 rings (SSSR count). The minimum atomic E-state index is -3.80.